The molecule has 1 saturated carbocycles. The first-order chi connectivity index (χ1) is 12.3. The van der Waals surface area contributed by atoms with Gasteiger partial charge in [0.15, 0.2) is 5.78 Å². The fraction of sp³-hybridized carbons (Fsp3) is 0.409. The summed E-state index contributed by atoms with van der Waals surface area (Å²) >= 11 is 0. The van der Waals surface area contributed by atoms with E-state index in [9.17, 15) is 4.79 Å². The van der Waals surface area contributed by atoms with E-state index >= 15 is 0 Å². The summed E-state index contributed by atoms with van der Waals surface area (Å²) in [7, 11) is 0. The molecule has 5 heteroatoms. The fourth-order valence-corrected chi connectivity index (χ4v) is 3.44. The molecule has 1 aliphatic heterocycles. The Balaban J connectivity index is 0.00000210. The van der Waals surface area contributed by atoms with Gasteiger partial charge < -0.3 is 4.90 Å². The van der Waals surface area contributed by atoms with Crippen LogP contribution in [-0.4, -0.2) is 28.0 Å². The van der Waals surface area contributed by atoms with Crippen LogP contribution >= 0.6 is 17.0 Å². The summed E-state index contributed by atoms with van der Waals surface area (Å²) in [5.74, 6) is 1.00. The number of fused-ring (bicyclic) bond motifs is 1. The van der Waals surface area contributed by atoms with E-state index in [1.807, 2.05) is 23.1 Å². The van der Waals surface area contributed by atoms with Crippen LogP contribution in [0, 0.1) is 5.41 Å². The Morgan fingerprint density at radius 3 is 2.63 bits per heavy atom. The van der Waals surface area contributed by atoms with Crippen LogP contribution < -0.4 is 0 Å². The fourth-order valence-electron chi connectivity index (χ4n) is 3.44. The van der Waals surface area contributed by atoms with Gasteiger partial charge in [-0.15, -0.1) is 17.0 Å². The number of halogens is 1. The van der Waals surface area contributed by atoms with Crippen LogP contribution in [0.3, 0.4) is 0 Å². The molecule has 2 heterocycles. The van der Waals surface area contributed by atoms with E-state index < -0.39 is 0 Å². The average Bonchev–Trinajstić information content (AvgIpc) is 3.41. The highest BCUT2D eigenvalue weighted by atomic mass is 79.9. The van der Waals surface area contributed by atoms with E-state index in [4.69, 9.17) is 10.4 Å². The lowest BCUT2D eigenvalue weighted by molar-refractivity contribution is 0.0962. The predicted molar refractivity (Wildman–Crippen MR) is 113 cm³/mol. The van der Waals surface area contributed by atoms with Crippen molar-refractivity contribution in [1.29, 1.82) is 5.41 Å². The van der Waals surface area contributed by atoms with Crippen molar-refractivity contribution in [3.63, 3.8) is 0 Å². The maximum absolute atomic E-state index is 12.8. The lowest BCUT2D eigenvalue weighted by Crippen LogP contribution is -2.30. The number of rotatable bonds is 4. The van der Waals surface area contributed by atoms with Gasteiger partial charge in [-0.3, -0.25) is 10.2 Å². The van der Waals surface area contributed by atoms with Gasteiger partial charge in [0.05, 0.1) is 6.54 Å². The lowest BCUT2D eigenvalue weighted by Gasteiger charge is -2.20. The quantitative estimate of drug-likeness (QED) is 0.708. The van der Waals surface area contributed by atoms with Crippen molar-refractivity contribution in [2.24, 2.45) is 0 Å². The Morgan fingerprint density at radius 2 is 1.96 bits per heavy atom. The number of hydrogen-bond acceptors (Lipinski definition) is 3. The standard InChI is InChI=1S/C22H25N3O.BrH/c1-22(2,3)17-6-4-5-15(11-17)19(26)13-25-12-16-9-10-18(14-7-8-14)24-20(16)21(25)23;/h4-6,9-11,14,23H,7-8,12-13H2,1-3H3;1H. The van der Waals surface area contributed by atoms with Gasteiger partial charge in [0.2, 0.25) is 0 Å². The average molecular weight is 428 g/mol. The molecule has 0 unspecified atom stereocenters. The van der Waals surface area contributed by atoms with E-state index in [0.29, 0.717) is 23.9 Å². The van der Waals surface area contributed by atoms with Gasteiger partial charge >= 0.3 is 0 Å². The summed E-state index contributed by atoms with van der Waals surface area (Å²) in [6, 6.07) is 12.0. The molecule has 1 aromatic carbocycles. The van der Waals surface area contributed by atoms with Gasteiger partial charge in [0.1, 0.15) is 11.5 Å². The molecule has 4 rings (SSSR count). The van der Waals surface area contributed by atoms with Crippen molar-refractivity contribution >= 4 is 28.6 Å². The third-order valence-electron chi connectivity index (χ3n) is 5.28. The number of amidine groups is 1. The summed E-state index contributed by atoms with van der Waals surface area (Å²) < 4.78 is 0. The van der Waals surface area contributed by atoms with Gasteiger partial charge in [0.25, 0.3) is 0 Å². The van der Waals surface area contributed by atoms with E-state index in [0.717, 1.165) is 22.5 Å². The third-order valence-corrected chi connectivity index (χ3v) is 5.28. The predicted octanol–water partition coefficient (Wildman–Crippen LogP) is 4.86. The van der Waals surface area contributed by atoms with E-state index in [2.05, 4.69) is 39.0 Å². The van der Waals surface area contributed by atoms with Crippen molar-refractivity contribution in [2.45, 2.75) is 51.5 Å². The molecule has 1 aliphatic carbocycles. The molecule has 1 fully saturated rings. The smallest absolute Gasteiger partial charge is 0.182 e. The third kappa shape index (κ3) is 3.98. The maximum Gasteiger partial charge on any atom is 0.182 e. The van der Waals surface area contributed by atoms with Crippen LogP contribution in [0.2, 0.25) is 0 Å². The number of carbonyl (C=O) groups excluding carboxylic acids is 1. The second kappa shape index (κ2) is 7.19. The molecule has 0 spiro atoms. The molecule has 1 aromatic heterocycles. The number of Topliss-reactive ketones (excluding diaryl/α,β-unsaturated/α-hetero) is 1. The molecule has 1 N–H and O–H groups in total. The lowest BCUT2D eigenvalue weighted by atomic mass is 9.86. The summed E-state index contributed by atoms with van der Waals surface area (Å²) in [6.45, 7) is 7.25. The van der Waals surface area contributed by atoms with Gasteiger partial charge in [-0.05, 0) is 36.0 Å². The molecule has 2 aromatic rings. The number of hydrogen-bond donors (Lipinski definition) is 1. The molecule has 0 radical (unpaired) electrons. The maximum atomic E-state index is 12.8. The Labute approximate surface area is 171 Å². The topological polar surface area (TPSA) is 57.1 Å². The number of carbonyl (C=O) groups is 1. The number of ketones is 1. The molecule has 142 valence electrons. The monoisotopic (exact) mass is 427 g/mol. The highest BCUT2D eigenvalue weighted by Crippen LogP contribution is 2.39. The normalized spacial score (nSPS) is 16.1. The molecular formula is C22H26BrN3O. The van der Waals surface area contributed by atoms with Crippen molar-refractivity contribution in [3.8, 4) is 0 Å². The van der Waals surface area contributed by atoms with E-state index in [1.165, 1.54) is 12.8 Å². The Hall–Kier alpha value is -2.01. The molecule has 0 amide bonds. The van der Waals surface area contributed by atoms with Crippen LogP contribution in [0.15, 0.2) is 36.4 Å². The highest BCUT2D eigenvalue weighted by molar-refractivity contribution is 8.93. The Morgan fingerprint density at radius 1 is 1.22 bits per heavy atom. The van der Waals surface area contributed by atoms with Gasteiger partial charge in [-0.2, -0.15) is 0 Å². The zero-order valence-corrected chi connectivity index (χ0v) is 17.8. The number of aromatic nitrogens is 1. The molecular weight excluding hydrogens is 402 g/mol. The second-order valence-corrected chi connectivity index (χ2v) is 8.48. The molecule has 0 bridgehead atoms. The zero-order valence-electron chi connectivity index (χ0n) is 16.1. The van der Waals surface area contributed by atoms with E-state index in [-0.39, 0.29) is 34.7 Å². The Kier molecular flexibility index (Phi) is 5.26. The SMILES string of the molecule is Br.CC(C)(C)c1cccc(C(=O)CN2Cc3ccc(C4CC4)nc3C2=N)c1. The van der Waals surface area contributed by atoms with Crippen molar-refractivity contribution in [1.82, 2.24) is 9.88 Å². The molecule has 4 nitrogen and oxygen atoms in total. The first-order valence-corrected chi connectivity index (χ1v) is 9.30. The van der Waals surface area contributed by atoms with Crippen LogP contribution in [-0.2, 0) is 12.0 Å². The number of nitrogens with zero attached hydrogens (tertiary/aromatic N) is 2. The first kappa shape index (κ1) is 19.7. The van der Waals surface area contributed by atoms with Gasteiger partial charge in [0, 0.05) is 29.3 Å². The highest BCUT2D eigenvalue weighted by Gasteiger charge is 2.31. The largest absolute Gasteiger partial charge is 0.343 e. The van der Waals surface area contributed by atoms with Crippen LogP contribution in [0.1, 0.15) is 72.4 Å². The van der Waals surface area contributed by atoms with Crippen molar-refractivity contribution < 1.29 is 4.79 Å². The summed E-state index contributed by atoms with van der Waals surface area (Å²) in [5.41, 5.74) is 4.78. The van der Waals surface area contributed by atoms with Gasteiger partial charge in [-0.25, -0.2) is 4.98 Å². The zero-order chi connectivity index (χ0) is 18.5. The van der Waals surface area contributed by atoms with Crippen molar-refractivity contribution in [3.05, 3.63) is 64.5 Å². The number of benzene rings is 1. The second-order valence-electron chi connectivity index (χ2n) is 8.48. The molecule has 0 atom stereocenters. The molecule has 27 heavy (non-hydrogen) atoms. The summed E-state index contributed by atoms with van der Waals surface area (Å²) in [4.78, 5) is 19.3. The van der Waals surface area contributed by atoms with Crippen molar-refractivity contribution in [2.75, 3.05) is 6.54 Å². The minimum atomic E-state index is 0. The first-order valence-electron chi connectivity index (χ1n) is 9.30. The number of nitrogens with one attached hydrogen (secondary N) is 1. The van der Waals surface area contributed by atoms with Crippen LogP contribution in [0.4, 0.5) is 0 Å². The van der Waals surface area contributed by atoms with Gasteiger partial charge in [-0.1, -0.05) is 45.0 Å². The van der Waals surface area contributed by atoms with E-state index in [1.54, 1.807) is 0 Å². The molecule has 2 aliphatic rings. The van der Waals surface area contributed by atoms with Crippen LogP contribution in [0.5, 0.6) is 0 Å². The number of pyridine rings is 1. The minimum Gasteiger partial charge on any atom is -0.343 e. The molecule has 0 saturated heterocycles. The van der Waals surface area contributed by atoms with Crippen LogP contribution in [0.25, 0.3) is 0 Å². The Bertz CT molecular complexity index is 897. The summed E-state index contributed by atoms with van der Waals surface area (Å²) in [5, 5.41) is 8.45. The summed E-state index contributed by atoms with van der Waals surface area (Å²) in [6.07, 6.45) is 2.40. The minimum absolute atomic E-state index is 0.